The van der Waals surface area contributed by atoms with E-state index in [1.165, 1.54) is 26.2 Å². The maximum Gasteiger partial charge on any atom is 0.418 e. The zero-order valence-corrected chi connectivity index (χ0v) is 29.1. The van der Waals surface area contributed by atoms with Crippen LogP contribution in [0.4, 0.5) is 5.13 Å². The van der Waals surface area contributed by atoms with Crippen molar-refractivity contribution in [3.05, 3.63) is 46.7 Å². The number of oxime groups is 1. The predicted octanol–water partition coefficient (Wildman–Crippen LogP) is 0.158. The van der Waals surface area contributed by atoms with Crippen molar-refractivity contribution < 1.29 is 46.3 Å². The lowest BCUT2D eigenvalue weighted by atomic mass is 9.84. The minimum atomic E-state index is -5.03. The molecule has 50 heavy (non-hydrogen) atoms. The number of nitrogens with two attached hydrogens (primary N) is 2. The van der Waals surface area contributed by atoms with Gasteiger partial charge in [0.25, 0.3) is 17.4 Å². The Balaban J connectivity index is 1.37. The zero-order chi connectivity index (χ0) is 36.8. The van der Waals surface area contributed by atoms with Crippen LogP contribution in [0, 0.1) is 5.41 Å². The van der Waals surface area contributed by atoms with E-state index in [9.17, 15) is 27.9 Å². The fourth-order valence-electron chi connectivity index (χ4n) is 5.63. The van der Waals surface area contributed by atoms with Crippen LogP contribution in [0.15, 0.2) is 34.9 Å². The Morgan fingerprint density at radius 2 is 2.06 bits per heavy atom. The second kappa shape index (κ2) is 13.5. The van der Waals surface area contributed by atoms with Crippen LogP contribution in [0.1, 0.15) is 44.9 Å². The van der Waals surface area contributed by atoms with E-state index in [2.05, 4.69) is 19.7 Å². The lowest BCUT2D eigenvalue weighted by Gasteiger charge is -2.50. The highest BCUT2D eigenvalue weighted by Gasteiger charge is 2.58. The minimum Gasteiger partial charge on any atom is -0.485 e. The molecule has 19 nitrogen and oxygen atoms in total. The van der Waals surface area contributed by atoms with Crippen molar-refractivity contribution in [1.29, 1.82) is 5.41 Å². The van der Waals surface area contributed by atoms with Crippen molar-refractivity contribution in [1.82, 2.24) is 24.5 Å². The zero-order valence-electron chi connectivity index (χ0n) is 27.4. The Hall–Kier alpha value is -4.83. The van der Waals surface area contributed by atoms with E-state index in [0.717, 1.165) is 34.6 Å². The van der Waals surface area contributed by atoms with Crippen molar-refractivity contribution in [3.8, 4) is 17.0 Å². The summed E-state index contributed by atoms with van der Waals surface area (Å²) in [4.78, 5) is 48.4. The minimum absolute atomic E-state index is 0.0560. The molecule has 2 aliphatic heterocycles. The van der Waals surface area contributed by atoms with Crippen LogP contribution >= 0.6 is 11.3 Å². The van der Waals surface area contributed by atoms with Gasteiger partial charge in [0, 0.05) is 30.7 Å². The molecule has 2 aliphatic rings. The number of fused-ring (bicyclic) bond motifs is 1. The van der Waals surface area contributed by atoms with Gasteiger partial charge in [0.1, 0.15) is 17.5 Å². The number of imidazole rings is 1. The lowest BCUT2D eigenvalue weighted by molar-refractivity contribution is -0.218. The highest BCUT2D eigenvalue weighted by molar-refractivity contribution is 7.80. The molecule has 1 fully saturated rings. The van der Waals surface area contributed by atoms with Gasteiger partial charge in [-0.05, 0) is 70.3 Å². The first-order chi connectivity index (χ1) is 23.4. The van der Waals surface area contributed by atoms with Gasteiger partial charge in [-0.2, -0.15) is 13.5 Å². The summed E-state index contributed by atoms with van der Waals surface area (Å²) in [7, 11) is -3.24. The summed E-state index contributed by atoms with van der Waals surface area (Å²) < 4.78 is 45.4. The van der Waals surface area contributed by atoms with Crippen LogP contribution < -0.4 is 27.1 Å². The molecule has 0 aliphatic carbocycles. The number of hydrogen-bond acceptors (Lipinski definition) is 14. The molecule has 2 amide bonds. The summed E-state index contributed by atoms with van der Waals surface area (Å²) >= 11 is 0.963. The molecule has 1 saturated heterocycles. The average Bonchev–Trinajstić information content (AvgIpc) is 3.61. The lowest BCUT2D eigenvalue weighted by Crippen LogP contribution is -2.76. The molecule has 0 saturated carbocycles. The number of nitrogens with zero attached hydrogens (tertiary/aromatic N) is 5. The highest BCUT2D eigenvalue weighted by atomic mass is 32.3. The average molecular weight is 736 g/mol. The van der Waals surface area contributed by atoms with Crippen LogP contribution in [-0.2, 0) is 53.9 Å². The molecule has 8 N–H and O–H groups in total. The standard InChI is InChI=1S/C29H37N9O10S2/c1-28(2)22(24(40)38(28)48-50(43,44)45)34-23(39)21(17-14-49-26(31)33-17)35-47-29(3,25(41)42)20-9-7-16-12-15(6-8-19(16)46-20)18-13-37(11-5-10-30)27(32)36(18)4/h6,8,12-14,20,22,32H,5,7,9-11,30H2,1-4H3,(H2,31,33)(H,34,39)(H,41,42)(H,43,44,45)/b32-27?,35-21-/t20-,22+,29?/m0/s1. The number of carbonyl (C=O) groups excluding carboxylic acids is 2. The quantitative estimate of drug-likeness (QED) is 0.0591. The summed E-state index contributed by atoms with van der Waals surface area (Å²) in [5.41, 5.74) is 10.0. The van der Waals surface area contributed by atoms with E-state index >= 15 is 0 Å². The number of carbonyl (C=O) groups is 3. The third kappa shape index (κ3) is 6.94. The van der Waals surface area contributed by atoms with E-state index in [1.54, 1.807) is 23.7 Å². The Morgan fingerprint density at radius 1 is 1.34 bits per heavy atom. The van der Waals surface area contributed by atoms with Gasteiger partial charge >= 0.3 is 16.4 Å². The number of carboxylic acid groups (broad SMARTS) is 1. The molecule has 4 heterocycles. The number of rotatable bonds is 13. The normalized spacial score (nSPS) is 19.9. The fourth-order valence-corrected chi connectivity index (χ4v) is 6.64. The smallest absolute Gasteiger partial charge is 0.418 e. The van der Waals surface area contributed by atoms with E-state index in [0.29, 0.717) is 35.9 Å². The Morgan fingerprint density at radius 3 is 2.66 bits per heavy atom. The van der Waals surface area contributed by atoms with E-state index < -0.39 is 57.2 Å². The van der Waals surface area contributed by atoms with Crippen molar-refractivity contribution in [2.75, 3.05) is 12.3 Å². The molecular weight excluding hydrogens is 699 g/mol. The van der Waals surface area contributed by atoms with Crippen LogP contribution in [0.2, 0.25) is 0 Å². The number of aromatic nitrogens is 3. The summed E-state index contributed by atoms with van der Waals surface area (Å²) in [5, 5.41) is 26.9. The SMILES string of the molecule is Cn1c(-c2ccc3c(c2)CC[C@@H](C(C)(O/N=C(\C(=O)N[C@@H]2C(=O)N(OS(=O)(=O)O)C2(C)C)c2csc(N)n2)C(=O)O)O3)cn(CCCN)c1=N. The Kier molecular flexibility index (Phi) is 9.82. The number of anilines is 1. The van der Waals surface area contributed by atoms with Crippen molar-refractivity contribution >= 4 is 50.4 Å². The number of carboxylic acids is 1. The fraction of sp³-hybridized carbons (Fsp3) is 0.448. The van der Waals surface area contributed by atoms with Gasteiger partial charge in [-0.15, -0.1) is 15.6 Å². The third-order valence-corrected chi connectivity index (χ3v) is 9.61. The van der Waals surface area contributed by atoms with Crippen molar-refractivity contribution in [2.45, 2.75) is 69.9 Å². The maximum atomic E-state index is 13.5. The molecule has 3 aromatic rings. The summed E-state index contributed by atoms with van der Waals surface area (Å²) in [6.45, 7) is 5.09. The second-order valence-corrected chi connectivity index (χ2v) is 14.3. The second-order valence-electron chi connectivity index (χ2n) is 12.4. The Labute approximate surface area is 289 Å². The monoisotopic (exact) mass is 735 g/mol. The van der Waals surface area contributed by atoms with Gasteiger partial charge in [-0.3, -0.25) is 19.6 Å². The molecule has 270 valence electrons. The number of aliphatic carboxylic acids is 1. The van der Waals surface area contributed by atoms with Gasteiger partial charge < -0.3 is 40.6 Å². The number of hydrogen-bond donors (Lipinski definition) is 6. The molecule has 1 unspecified atom stereocenters. The number of ether oxygens (including phenoxy) is 1. The predicted molar refractivity (Wildman–Crippen MR) is 177 cm³/mol. The van der Waals surface area contributed by atoms with E-state index in [1.807, 2.05) is 16.8 Å². The number of nitrogen functional groups attached to an aromatic ring is 1. The molecule has 0 radical (unpaired) electrons. The topological polar surface area (TPSA) is 280 Å². The van der Waals surface area contributed by atoms with Crippen LogP contribution in [0.3, 0.4) is 0 Å². The van der Waals surface area contributed by atoms with Crippen LogP contribution in [0.5, 0.6) is 5.75 Å². The van der Waals surface area contributed by atoms with Crippen LogP contribution in [-0.4, -0.2) is 90.6 Å². The third-order valence-electron chi connectivity index (χ3n) is 8.60. The molecular formula is C29H37N9O10S2. The number of β-lactam (4-membered cyclic amide) rings is 1. The summed E-state index contributed by atoms with van der Waals surface area (Å²) in [6.07, 6.45) is 2.14. The molecule has 3 atom stereocenters. The molecule has 5 rings (SSSR count). The molecule has 21 heteroatoms. The van der Waals surface area contributed by atoms with Gasteiger partial charge in [0.05, 0.1) is 11.2 Å². The maximum absolute atomic E-state index is 13.5. The number of aryl methyl sites for hydroxylation is 2. The highest BCUT2D eigenvalue weighted by Crippen LogP contribution is 2.37. The largest absolute Gasteiger partial charge is 0.485 e. The number of thiazole rings is 1. The molecule has 0 spiro atoms. The van der Waals surface area contributed by atoms with Gasteiger partial charge in [-0.25, -0.2) is 9.78 Å². The van der Waals surface area contributed by atoms with Gasteiger partial charge in [0.2, 0.25) is 5.62 Å². The van der Waals surface area contributed by atoms with Gasteiger partial charge in [0.15, 0.2) is 16.9 Å². The van der Waals surface area contributed by atoms with Crippen molar-refractivity contribution in [2.24, 2.45) is 17.9 Å². The first kappa shape index (κ1) is 36.5. The summed E-state index contributed by atoms with van der Waals surface area (Å²) in [6, 6.07) is 4.10. The van der Waals surface area contributed by atoms with Crippen LogP contribution in [0.25, 0.3) is 11.3 Å². The van der Waals surface area contributed by atoms with E-state index in [-0.39, 0.29) is 17.2 Å². The summed E-state index contributed by atoms with van der Waals surface area (Å²) in [5.74, 6) is -3.03. The van der Waals surface area contributed by atoms with Gasteiger partial charge in [-0.1, -0.05) is 5.16 Å². The number of amides is 2. The molecule has 1 aromatic carbocycles. The van der Waals surface area contributed by atoms with Crippen molar-refractivity contribution in [3.63, 3.8) is 0 Å². The molecule has 2 aromatic heterocycles. The molecule has 0 bridgehead atoms. The number of nitrogens with one attached hydrogen (secondary N) is 2. The first-order valence-corrected chi connectivity index (χ1v) is 17.5. The first-order valence-electron chi connectivity index (χ1n) is 15.2. The Bertz CT molecular complexity index is 2040. The number of benzene rings is 1. The number of hydroxylamine groups is 2. The van der Waals surface area contributed by atoms with E-state index in [4.69, 9.17) is 31.0 Å².